The number of rotatable bonds is 2. The molecule has 28 heavy (non-hydrogen) atoms. The van der Waals surface area contributed by atoms with Crippen LogP contribution < -0.4 is 0 Å². The number of nitrogens with zero attached hydrogens (tertiary/aromatic N) is 2. The van der Waals surface area contributed by atoms with Crippen LogP contribution in [0.1, 0.15) is 34.3 Å². The van der Waals surface area contributed by atoms with Gasteiger partial charge in [-0.15, -0.1) is 0 Å². The van der Waals surface area contributed by atoms with Crippen LogP contribution in [0.2, 0.25) is 0 Å². The number of piperidine rings is 1. The van der Waals surface area contributed by atoms with Gasteiger partial charge in [-0.3, -0.25) is 9.89 Å². The van der Waals surface area contributed by atoms with E-state index in [1.54, 1.807) is 6.20 Å². The molecule has 1 spiro atoms. The molecule has 3 aromatic rings. The van der Waals surface area contributed by atoms with E-state index in [1.165, 1.54) is 11.1 Å². The molecule has 2 N–H and O–H groups in total. The summed E-state index contributed by atoms with van der Waals surface area (Å²) in [5, 5.41) is 17.7. The molecule has 1 unspecified atom stereocenters. The lowest BCUT2D eigenvalue weighted by Crippen LogP contribution is -2.49. The Morgan fingerprint density at radius 2 is 1.82 bits per heavy atom. The Bertz CT molecular complexity index is 987. The molecule has 0 bridgehead atoms. The van der Waals surface area contributed by atoms with Crippen molar-refractivity contribution < 1.29 is 9.90 Å². The Kier molecular flexibility index (Phi) is 4.05. The minimum Gasteiger partial charge on any atom is -0.392 e. The number of H-pyrrole nitrogens is 1. The topological polar surface area (TPSA) is 69.2 Å². The fourth-order valence-corrected chi connectivity index (χ4v) is 4.87. The lowest BCUT2D eigenvalue weighted by atomic mass is 9.72. The molecule has 1 aliphatic heterocycles. The zero-order valence-corrected chi connectivity index (χ0v) is 15.6. The fourth-order valence-electron chi connectivity index (χ4n) is 4.87. The van der Waals surface area contributed by atoms with Crippen molar-refractivity contribution in [3.63, 3.8) is 0 Å². The SMILES string of the molecule is O=C(c1ccc(-c2ccn[nH]2)cc1)N1CCC2(CC1)c1ccccc1CC2O. The zero-order valence-electron chi connectivity index (χ0n) is 15.6. The van der Waals surface area contributed by atoms with Crippen LogP contribution in [0.5, 0.6) is 0 Å². The third-order valence-corrected chi connectivity index (χ3v) is 6.49. The van der Waals surface area contributed by atoms with E-state index in [0.717, 1.165) is 30.5 Å². The monoisotopic (exact) mass is 373 g/mol. The number of hydrogen-bond acceptors (Lipinski definition) is 3. The molecule has 1 aromatic heterocycles. The molecule has 5 heteroatoms. The third-order valence-electron chi connectivity index (χ3n) is 6.49. The Morgan fingerprint density at radius 1 is 1.07 bits per heavy atom. The third kappa shape index (κ3) is 2.66. The summed E-state index contributed by atoms with van der Waals surface area (Å²) < 4.78 is 0. The molecule has 142 valence electrons. The summed E-state index contributed by atoms with van der Waals surface area (Å²) in [6, 6.07) is 17.9. The van der Waals surface area contributed by atoms with Gasteiger partial charge >= 0.3 is 0 Å². The van der Waals surface area contributed by atoms with Crippen molar-refractivity contribution in [2.75, 3.05) is 13.1 Å². The Labute approximate surface area is 164 Å². The van der Waals surface area contributed by atoms with Gasteiger partial charge in [-0.2, -0.15) is 5.10 Å². The number of nitrogens with one attached hydrogen (secondary N) is 1. The number of likely N-dealkylation sites (tertiary alicyclic amines) is 1. The van der Waals surface area contributed by atoms with Crippen LogP contribution in [-0.4, -0.2) is 45.3 Å². The van der Waals surface area contributed by atoms with E-state index < -0.39 is 0 Å². The van der Waals surface area contributed by atoms with Crippen LogP contribution >= 0.6 is 0 Å². The average molecular weight is 373 g/mol. The molecule has 2 aromatic carbocycles. The highest BCUT2D eigenvalue weighted by atomic mass is 16.3. The molecular formula is C23H23N3O2. The molecule has 1 amide bonds. The quantitative estimate of drug-likeness (QED) is 0.725. The Morgan fingerprint density at radius 3 is 2.54 bits per heavy atom. The maximum Gasteiger partial charge on any atom is 0.253 e. The van der Waals surface area contributed by atoms with Crippen LogP contribution in [0, 0.1) is 0 Å². The molecular weight excluding hydrogens is 350 g/mol. The second-order valence-corrected chi connectivity index (χ2v) is 7.87. The summed E-state index contributed by atoms with van der Waals surface area (Å²) in [4.78, 5) is 14.9. The van der Waals surface area contributed by atoms with Gasteiger partial charge in [-0.25, -0.2) is 0 Å². The van der Waals surface area contributed by atoms with E-state index in [0.29, 0.717) is 18.7 Å². The van der Waals surface area contributed by atoms with Crippen molar-refractivity contribution in [3.8, 4) is 11.3 Å². The summed E-state index contributed by atoms with van der Waals surface area (Å²) in [6.07, 6.45) is 3.70. The molecule has 1 atom stereocenters. The molecule has 5 rings (SSSR count). The maximum absolute atomic E-state index is 13.0. The summed E-state index contributed by atoms with van der Waals surface area (Å²) in [5.74, 6) is 0.0618. The van der Waals surface area contributed by atoms with Crippen molar-refractivity contribution in [1.29, 1.82) is 0 Å². The summed E-state index contributed by atoms with van der Waals surface area (Å²) in [7, 11) is 0. The van der Waals surface area contributed by atoms with Gasteiger partial charge in [-0.1, -0.05) is 36.4 Å². The second kappa shape index (κ2) is 6.60. The van der Waals surface area contributed by atoms with Crippen molar-refractivity contribution in [2.45, 2.75) is 30.8 Å². The number of carbonyl (C=O) groups is 1. The van der Waals surface area contributed by atoms with Crippen LogP contribution in [0.25, 0.3) is 11.3 Å². The fraction of sp³-hybridized carbons (Fsp3) is 0.304. The maximum atomic E-state index is 13.0. The first kappa shape index (κ1) is 17.2. The van der Waals surface area contributed by atoms with E-state index in [9.17, 15) is 9.90 Å². The van der Waals surface area contributed by atoms with E-state index in [-0.39, 0.29) is 17.4 Å². The lowest BCUT2D eigenvalue weighted by molar-refractivity contribution is 0.0365. The van der Waals surface area contributed by atoms with Crippen molar-refractivity contribution in [3.05, 3.63) is 77.5 Å². The molecule has 0 radical (unpaired) electrons. The number of amides is 1. The molecule has 1 aliphatic carbocycles. The average Bonchev–Trinajstić information content (AvgIpc) is 3.36. The Balaban J connectivity index is 1.31. The highest BCUT2D eigenvalue weighted by Crippen LogP contribution is 2.46. The highest BCUT2D eigenvalue weighted by Gasteiger charge is 2.48. The van der Waals surface area contributed by atoms with E-state index >= 15 is 0 Å². The molecule has 2 heterocycles. The molecule has 1 fully saturated rings. The van der Waals surface area contributed by atoms with Crippen molar-refractivity contribution >= 4 is 5.91 Å². The number of aromatic amines is 1. The minimum atomic E-state index is -0.351. The van der Waals surface area contributed by atoms with Crippen LogP contribution in [0.4, 0.5) is 0 Å². The molecule has 0 saturated carbocycles. The van der Waals surface area contributed by atoms with Gasteiger partial charge in [0, 0.05) is 30.3 Å². The molecule has 1 saturated heterocycles. The van der Waals surface area contributed by atoms with Gasteiger partial charge in [0.05, 0.1) is 11.8 Å². The zero-order chi connectivity index (χ0) is 19.1. The highest BCUT2D eigenvalue weighted by molar-refractivity contribution is 5.94. The van der Waals surface area contributed by atoms with E-state index in [4.69, 9.17) is 0 Å². The predicted molar refractivity (Wildman–Crippen MR) is 107 cm³/mol. The number of hydrogen-bond donors (Lipinski definition) is 2. The van der Waals surface area contributed by atoms with Crippen molar-refractivity contribution in [2.24, 2.45) is 0 Å². The number of benzene rings is 2. The lowest BCUT2D eigenvalue weighted by Gasteiger charge is -2.42. The van der Waals surface area contributed by atoms with E-state index in [1.807, 2.05) is 41.3 Å². The van der Waals surface area contributed by atoms with Crippen LogP contribution in [0.15, 0.2) is 60.8 Å². The standard InChI is InChI=1S/C23H23N3O2/c27-21-15-18-3-1-2-4-19(18)23(21)10-13-26(14-11-23)22(28)17-7-5-16(6-8-17)20-9-12-24-25-20/h1-9,12,21,27H,10-11,13-15H2,(H,24,25). The summed E-state index contributed by atoms with van der Waals surface area (Å²) >= 11 is 0. The number of aliphatic hydroxyl groups is 1. The van der Waals surface area contributed by atoms with Crippen molar-refractivity contribution in [1.82, 2.24) is 15.1 Å². The summed E-state index contributed by atoms with van der Waals surface area (Å²) in [6.45, 7) is 1.35. The van der Waals surface area contributed by atoms with Gasteiger partial charge in [0.2, 0.25) is 0 Å². The molecule has 5 nitrogen and oxygen atoms in total. The first-order valence-electron chi connectivity index (χ1n) is 9.83. The first-order chi connectivity index (χ1) is 13.7. The smallest absolute Gasteiger partial charge is 0.253 e. The number of fused-ring (bicyclic) bond motifs is 2. The number of aromatic nitrogens is 2. The molecule has 2 aliphatic rings. The minimum absolute atomic E-state index is 0.0618. The van der Waals surface area contributed by atoms with Crippen LogP contribution in [-0.2, 0) is 11.8 Å². The number of carbonyl (C=O) groups excluding carboxylic acids is 1. The van der Waals surface area contributed by atoms with Gasteiger partial charge in [0.25, 0.3) is 5.91 Å². The first-order valence-corrected chi connectivity index (χ1v) is 9.83. The van der Waals surface area contributed by atoms with Gasteiger partial charge in [0.1, 0.15) is 0 Å². The number of aliphatic hydroxyl groups excluding tert-OH is 1. The normalized spacial score (nSPS) is 20.3. The second-order valence-electron chi connectivity index (χ2n) is 7.87. The largest absolute Gasteiger partial charge is 0.392 e. The van der Waals surface area contributed by atoms with Gasteiger partial charge < -0.3 is 10.0 Å². The predicted octanol–water partition coefficient (Wildman–Crippen LogP) is 3.17. The van der Waals surface area contributed by atoms with Gasteiger partial charge in [-0.05, 0) is 54.2 Å². The summed E-state index contributed by atoms with van der Waals surface area (Å²) in [5.41, 5.74) is 4.98. The van der Waals surface area contributed by atoms with Gasteiger partial charge in [0.15, 0.2) is 0 Å². The van der Waals surface area contributed by atoms with Crippen LogP contribution in [0.3, 0.4) is 0 Å². The Hall–Kier alpha value is -2.92. The van der Waals surface area contributed by atoms with E-state index in [2.05, 4.69) is 28.4 Å².